The van der Waals surface area contributed by atoms with Crippen molar-refractivity contribution in [1.82, 2.24) is 5.32 Å². The monoisotopic (exact) mass is 287 g/mol. The van der Waals surface area contributed by atoms with Crippen molar-refractivity contribution in [2.75, 3.05) is 33.5 Å². The molecule has 0 saturated carbocycles. The first-order valence-corrected chi connectivity index (χ1v) is 7.15. The second kappa shape index (κ2) is 8.39. The van der Waals surface area contributed by atoms with Crippen molar-refractivity contribution in [3.63, 3.8) is 0 Å². The van der Waals surface area contributed by atoms with Crippen molar-refractivity contribution in [2.24, 2.45) is 0 Å². The molecule has 0 aliphatic heterocycles. The molecule has 21 heavy (non-hydrogen) atoms. The largest absolute Gasteiger partial charge is 0.382 e. The highest BCUT2D eigenvalue weighted by Crippen LogP contribution is 2.15. The topological polar surface area (TPSA) is 47.6 Å². The summed E-state index contributed by atoms with van der Waals surface area (Å²) in [5.74, 6) is -0.0438. The van der Waals surface area contributed by atoms with Crippen LogP contribution in [0.2, 0.25) is 0 Å². The van der Waals surface area contributed by atoms with Gasteiger partial charge in [-0.05, 0) is 29.3 Å². The number of carbonyl (C=O) groups excluding carboxylic acids is 1. The van der Waals surface area contributed by atoms with Crippen LogP contribution in [0, 0.1) is 0 Å². The Morgan fingerprint density at radius 1 is 1.05 bits per heavy atom. The number of ether oxygens (including phenoxy) is 2. The van der Waals surface area contributed by atoms with E-state index in [0.717, 1.165) is 17.2 Å². The number of hydrogen-bond acceptors (Lipinski definition) is 3. The zero-order valence-electron chi connectivity index (χ0n) is 12.3. The van der Waals surface area contributed by atoms with E-state index < -0.39 is 0 Å². The van der Waals surface area contributed by atoms with Crippen LogP contribution in [-0.2, 0) is 9.47 Å². The maximum absolute atomic E-state index is 12.1. The second-order valence-electron chi connectivity index (χ2n) is 4.78. The van der Waals surface area contributed by atoms with Crippen molar-refractivity contribution in [1.29, 1.82) is 0 Å². The van der Waals surface area contributed by atoms with Crippen molar-refractivity contribution < 1.29 is 14.3 Å². The third-order valence-corrected chi connectivity index (χ3v) is 3.19. The van der Waals surface area contributed by atoms with Crippen LogP contribution >= 0.6 is 0 Å². The van der Waals surface area contributed by atoms with E-state index in [4.69, 9.17) is 9.47 Å². The van der Waals surface area contributed by atoms with Crippen LogP contribution in [-0.4, -0.2) is 39.4 Å². The molecule has 0 spiro atoms. The summed E-state index contributed by atoms with van der Waals surface area (Å²) in [5.41, 5.74) is 0.689. The Balaban J connectivity index is 1.77. The van der Waals surface area contributed by atoms with Crippen LogP contribution < -0.4 is 5.32 Å². The summed E-state index contributed by atoms with van der Waals surface area (Å²) >= 11 is 0. The Hall–Kier alpha value is -1.91. The molecule has 4 nitrogen and oxygen atoms in total. The van der Waals surface area contributed by atoms with Gasteiger partial charge in [0.2, 0.25) is 0 Å². The lowest BCUT2D eigenvalue weighted by Crippen LogP contribution is -2.25. The molecule has 1 amide bonds. The van der Waals surface area contributed by atoms with E-state index >= 15 is 0 Å². The zero-order valence-corrected chi connectivity index (χ0v) is 12.3. The maximum Gasteiger partial charge on any atom is 0.251 e. The molecule has 0 heterocycles. The molecular formula is C17H21NO3. The van der Waals surface area contributed by atoms with Gasteiger partial charge in [0, 0.05) is 25.8 Å². The number of carbonyl (C=O) groups is 1. The van der Waals surface area contributed by atoms with Gasteiger partial charge in [0.05, 0.1) is 13.2 Å². The van der Waals surface area contributed by atoms with Gasteiger partial charge >= 0.3 is 0 Å². The predicted molar refractivity (Wildman–Crippen MR) is 83.6 cm³/mol. The van der Waals surface area contributed by atoms with Gasteiger partial charge in [-0.3, -0.25) is 4.79 Å². The minimum absolute atomic E-state index is 0.0438. The molecule has 112 valence electrons. The van der Waals surface area contributed by atoms with Gasteiger partial charge in [-0.15, -0.1) is 0 Å². The lowest BCUT2D eigenvalue weighted by atomic mass is 10.1. The molecule has 0 unspecified atom stereocenters. The molecule has 0 saturated heterocycles. The van der Waals surface area contributed by atoms with Crippen LogP contribution in [0.5, 0.6) is 0 Å². The highest BCUT2D eigenvalue weighted by atomic mass is 16.5. The van der Waals surface area contributed by atoms with Gasteiger partial charge in [0.1, 0.15) is 0 Å². The van der Waals surface area contributed by atoms with E-state index in [1.165, 1.54) is 0 Å². The molecule has 4 heteroatoms. The number of rotatable bonds is 8. The van der Waals surface area contributed by atoms with E-state index in [0.29, 0.717) is 31.9 Å². The molecule has 1 N–H and O–H groups in total. The second-order valence-corrected chi connectivity index (χ2v) is 4.78. The number of nitrogens with one attached hydrogen (secondary N) is 1. The molecule has 2 aromatic rings. The summed E-state index contributed by atoms with van der Waals surface area (Å²) in [6, 6.07) is 13.8. The standard InChI is InChI=1S/C17H21NO3/c1-20-11-12-21-10-4-9-18-17(19)16-8-7-14-5-2-3-6-15(14)13-16/h2-3,5-8,13H,4,9-12H2,1H3,(H,18,19). The fraction of sp³-hybridized carbons (Fsp3) is 0.353. The van der Waals surface area contributed by atoms with Gasteiger partial charge in [0.25, 0.3) is 5.91 Å². The quantitative estimate of drug-likeness (QED) is 0.759. The molecule has 2 rings (SSSR count). The van der Waals surface area contributed by atoms with Crippen LogP contribution in [0.15, 0.2) is 42.5 Å². The molecule has 0 aliphatic rings. The first kappa shape index (κ1) is 15.5. The van der Waals surface area contributed by atoms with Crippen molar-refractivity contribution in [3.05, 3.63) is 48.0 Å². The molecule has 0 aliphatic carbocycles. The Labute approximate surface area is 125 Å². The Bertz CT molecular complexity index is 583. The molecular weight excluding hydrogens is 266 g/mol. The van der Waals surface area contributed by atoms with Crippen molar-refractivity contribution in [2.45, 2.75) is 6.42 Å². The Morgan fingerprint density at radius 3 is 2.67 bits per heavy atom. The normalized spacial score (nSPS) is 10.7. The summed E-state index contributed by atoms with van der Waals surface area (Å²) in [6.07, 6.45) is 0.795. The third kappa shape index (κ3) is 4.85. The summed E-state index contributed by atoms with van der Waals surface area (Å²) in [6.45, 7) is 2.43. The highest BCUT2D eigenvalue weighted by molar-refractivity contribution is 5.98. The third-order valence-electron chi connectivity index (χ3n) is 3.19. The van der Waals surface area contributed by atoms with Crippen LogP contribution in [0.3, 0.4) is 0 Å². The van der Waals surface area contributed by atoms with Gasteiger partial charge in [-0.25, -0.2) is 0 Å². The summed E-state index contributed by atoms with van der Waals surface area (Å²) in [4.78, 5) is 12.1. The van der Waals surface area contributed by atoms with Gasteiger partial charge in [0.15, 0.2) is 0 Å². The number of hydrogen-bond donors (Lipinski definition) is 1. The Kier molecular flexibility index (Phi) is 6.19. The minimum Gasteiger partial charge on any atom is -0.382 e. The van der Waals surface area contributed by atoms with Gasteiger partial charge in [-0.2, -0.15) is 0 Å². The van der Waals surface area contributed by atoms with Crippen LogP contribution in [0.4, 0.5) is 0 Å². The van der Waals surface area contributed by atoms with Crippen LogP contribution in [0.1, 0.15) is 16.8 Å². The first-order valence-electron chi connectivity index (χ1n) is 7.15. The minimum atomic E-state index is -0.0438. The highest BCUT2D eigenvalue weighted by Gasteiger charge is 2.05. The average Bonchev–Trinajstić information content (AvgIpc) is 2.53. The fourth-order valence-electron chi connectivity index (χ4n) is 2.05. The number of benzene rings is 2. The number of amides is 1. The first-order chi connectivity index (χ1) is 10.3. The average molecular weight is 287 g/mol. The van der Waals surface area contributed by atoms with E-state index in [1.54, 1.807) is 7.11 Å². The lowest BCUT2D eigenvalue weighted by Gasteiger charge is -2.07. The lowest BCUT2D eigenvalue weighted by molar-refractivity contribution is 0.0688. The number of methoxy groups -OCH3 is 1. The summed E-state index contributed by atoms with van der Waals surface area (Å²) in [7, 11) is 1.65. The van der Waals surface area contributed by atoms with Gasteiger partial charge < -0.3 is 14.8 Å². The molecule has 0 radical (unpaired) electrons. The maximum atomic E-state index is 12.1. The van der Waals surface area contributed by atoms with Crippen molar-refractivity contribution >= 4 is 16.7 Å². The molecule has 0 aromatic heterocycles. The van der Waals surface area contributed by atoms with Crippen LogP contribution in [0.25, 0.3) is 10.8 Å². The number of fused-ring (bicyclic) bond motifs is 1. The smallest absolute Gasteiger partial charge is 0.251 e. The summed E-state index contributed by atoms with van der Waals surface area (Å²) in [5, 5.41) is 5.12. The SMILES string of the molecule is COCCOCCCNC(=O)c1ccc2ccccc2c1. The molecule has 0 atom stereocenters. The predicted octanol–water partition coefficient (Wildman–Crippen LogP) is 2.62. The van der Waals surface area contributed by atoms with E-state index in [-0.39, 0.29) is 5.91 Å². The molecule has 2 aromatic carbocycles. The van der Waals surface area contributed by atoms with Gasteiger partial charge in [-0.1, -0.05) is 30.3 Å². The van der Waals surface area contributed by atoms with E-state index in [2.05, 4.69) is 5.32 Å². The summed E-state index contributed by atoms with van der Waals surface area (Å²) < 4.78 is 10.2. The fourth-order valence-corrected chi connectivity index (χ4v) is 2.05. The zero-order chi connectivity index (χ0) is 14.9. The molecule has 0 bridgehead atoms. The van der Waals surface area contributed by atoms with Crippen molar-refractivity contribution in [3.8, 4) is 0 Å². The Morgan fingerprint density at radius 2 is 1.86 bits per heavy atom. The van der Waals surface area contributed by atoms with E-state index in [9.17, 15) is 4.79 Å². The molecule has 0 fully saturated rings. The van der Waals surface area contributed by atoms with E-state index in [1.807, 2.05) is 42.5 Å².